The summed E-state index contributed by atoms with van der Waals surface area (Å²) in [5.74, 6) is -2.44. The van der Waals surface area contributed by atoms with Crippen molar-refractivity contribution in [2.45, 2.75) is 123 Å². The van der Waals surface area contributed by atoms with E-state index in [0.717, 1.165) is 24.0 Å². The molecule has 264 valence electrons. The van der Waals surface area contributed by atoms with E-state index in [4.69, 9.17) is 15.2 Å². The van der Waals surface area contributed by atoms with E-state index >= 15 is 0 Å². The van der Waals surface area contributed by atoms with Crippen LogP contribution in [0.3, 0.4) is 0 Å². The lowest BCUT2D eigenvalue weighted by atomic mass is 9.96. The predicted molar refractivity (Wildman–Crippen MR) is 185 cm³/mol. The minimum Gasteiger partial charge on any atom is -0.458 e. The topological polar surface area (TPSA) is 157 Å². The minimum atomic E-state index is -1.22. The molecular formula is C37H54N4O7. The highest BCUT2D eigenvalue weighted by Crippen LogP contribution is 2.27. The first-order valence-corrected chi connectivity index (χ1v) is 16.6. The van der Waals surface area contributed by atoms with Gasteiger partial charge in [-0.15, -0.1) is 0 Å². The molecule has 0 radical (unpaired) electrons. The maximum absolute atomic E-state index is 14.5. The Bertz CT molecular complexity index is 1380. The Morgan fingerprint density at radius 2 is 1.42 bits per heavy atom. The summed E-state index contributed by atoms with van der Waals surface area (Å²) in [6.07, 6.45) is 1.21. The molecule has 0 bridgehead atoms. The summed E-state index contributed by atoms with van der Waals surface area (Å²) in [4.78, 5) is 68.7. The van der Waals surface area contributed by atoms with Crippen LogP contribution < -0.4 is 16.4 Å². The van der Waals surface area contributed by atoms with Crippen LogP contribution >= 0.6 is 0 Å². The Hall–Kier alpha value is -4.41. The highest BCUT2D eigenvalue weighted by Gasteiger charge is 2.38. The van der Waals surface area contributed by atoms with Gasteiger partial charge in [0, 0.05) is 19.4 Å². The van der Waals surface area contributed by atoms with Gasteiger partial charge in [-0.05, 0) is 78.0 Å². The van der Waals surface area contributed by atoms with Crippen molar-refractivity contribution in [3.05, 3.63) is 71.3 Å². The fourth-order valence-corrected chi connectivity index (χ4v) is 5.10. The summed E-state index contributed by atoms with van der Waals surface area (Å²) < 4.78 is 11.1. The van der Waals surface area contributed by atoms with Crippen molar-refractivity contribution in [2.24, 2.45) is 5.73 Å². The monoisotopic (exact) mass is 666 g/mol. The van der Waals surface area contributed by atoms with Crippen molar-refractivity contribution in [3.8, 4) is 0 Å². The van der Waals surface area contributed by atoms with Crippen LogP contribution in [0.25, 0.3) is 0 Å². The largest absolute Gasteiger partial charge is 0.458 e. The summed E-state index contributed by atoms with van der Waals surface area (Å²) >= 11 is 0. The van der Waals surface area contributed by atoms with E-state index in [1.165, 1.54) is 4.90 Å². The number of esters is 1. The first kappa shape index (κ1) is 39.8. The van der Waals surface area contributed by atoms with Crippen molar-refractivity contribution < 1.29 is 33.4 Å². The first-order valence-electron chi connectivity index (χ1n) is 16.6. The maximum atomic E-state index is 14.5. The zero-order valence-corrected chi connectivity index (χ0v) is 29.8. The van der Waals surface area contributed by atoms with E-state index in [9.17, 15) is 24.0 Å². The van der Waals surface area contributed by atoms with Crippen molar-refractivity contribution in [2.75, 3.05) is 6.54 Å². The van der Waals surface area contributed by atoms with E-state index in [1.54, 1.807) is 53.7 Å². The van der Waals surface area contributed by atoms with E-state index in [2.05, 4.69) is 10.6 Å². The molecule has 48 heavy (non-hydrogen) atoms. The van der Waals surface area contributed by atoms with E-state index in [-0.39, 0.29) is 25.8 Å². The molecule has 0 fully saturated rings. The molecule has 0 aliphatic rings. The molecule has 0 aliphatic heterocycles. The molecule has 2 aromatic carbocycles. The maximum Gasteiger partial charge on any atom is 0.408 e. The quantitative estimate of drug-likeness (QED) is 0.162. The van der Waals surface area contributed by atoms with Gasteiger partial charge in [0.25, 0.3) is 0 Å². The second-order valence-electron chi connectivity index (χ2n) is 14.0. The third-order valence-electron chi connectivity index (χ3n) is 7.29. The van der Waals surface area contributed by atoms with Crippen LogP contribution in [-0.4, -0.2) is 64.5 Å². The van der Waals surface area contributed by atoms with Crippen LogP contribution in [0.1, 0.15) is 103 Å². The molecule has 0 saturated carbocycles. The van der Waals surface area contributed by atoms with Gasteiger partial charge >= 0.3 is 12.1 Å². The molecule has 4 N–H and O–H groups in total. The van der Waals surface area contributed by atoms with Crippen LogP contribution in [0, 0.1) is 6.92 Å². The standard InChI is InChI=1S/C37H54N4O7/c1-9-10-16-23-41(33(44)28(21-22-30(38)42)40-35(46)48-37(6,7)8)31(27-20-15-14-17-25(27)2)32(43)39-29(34(45)47-36(3,4)5)24-26-18-12-11-13-19-26/h11-15,17-20,28-29,31H,9-10,16,21-24H2,1-8H3,(H2,38,42)(H,39,43)(H,40,46). The zero-order valence-electron chi connectivity index (χ0n) is 29.8. The van der Waals surface area contributed by atoms with Crippen LogP contribution in [-0.2, 0) is 35.1 Å². The number of nitrogens with two attached hydrogens (primary N) is 1. The van der Waals surface area contributed by atoms with Crippen LogP contribution in [0.15, 0.2) is 54.6 Å². The van der Waals surface area contributed by atoms with Gasteiger partial charge in [0.1, 0.15) is 29.3 Å². The number of hydrogen-bond donors (Lipinski definition) is 3. The second kappa shape index (κ2) is 18.2. The van der Waals surface area contributed by atoms with Gasteiger partial charge in [0.15, 0.2) is 0 Å². The highest BCUT2D eigenvalue weighted by atomic mass is 16.6. The molecule has 11 heteroatoms. The van der Waals surface area contributed by atoms with Crippen LogP contribution in [0.5, 0.6) is 0 Å². The summed E-state index contributed by atoms with van der Waals surface area (Å²) in [6.45, 7) is 14.4. The predicted octanol–water partition coefficient (Wildman–Crippen LogP) is 5.28. The fraction of sp³-hybridized carbons (Fsp3) is 0.541. The Balaban J connectivity index is 2.64. The van der Waals surface area contributed by atoms with Crippen molar-refractivity contribution in [1.29, 1.82) is 0 Å². The van der Waals surface area contributed by atoms with Crippen molar-refractivity contribution in [1.82, 2.24) is 15.5 Å². The molecule has 2 rings (SSSR count). The average Bonchev–Trinajstić information content (AvgIpc) is 2.97. The highest BCUT2D eigenvalue weighted by molar-refractivity contribution is 5.94. The molecule has 3 atom stereocenters. The smallest absolute Gasteiger partial charge is 0.408 e. The number of alkyl carbamates (subject to hydrolysis) is 1. The Kier molecular flexibility index (Phi) is 15.1. The molecule has 0 aromatic heterocycles. The summed E-state index contributed by atoms with van der Waals surface area (Å²) in [6, 6.07) is 13.0. The normalized spacial score (nSPS) is 13.4. The number of aryl methyl sites for hydroxylation is 1. The lowest BCUT2D eigenvalue weighted by Crippen LogP contribution is -2.55. The van der Waals surface area contributed by atoms with Gasteiger partial charge in [-0.25, -0.2) is 9.59 Å². The SMILES string of the molecule is CCCCCN(C(=O)C(CCC(N)=O)NC(=O)OC(C)(C)C)C(C(=O)NC(Cc1ccccc1)C(=O)OC(C)(C)C)c1ccccc1C. The zero-order chi connectivity index (χ0) is 36.1. The molecular weight excluding hydrogens is 612 g/mol. The number of rotatable bonds is 16. The van der Waals surface area contributed by atoms with E-state index in [0.29, 0.717) is 12.0 Å². The Morgan fingerprint density at radius 3 is 1.98 bits per heavy atom. The van der Waals surface area contributed by atoms with Gasteiger partial charge < -0.3 is 30.7 Å². The third kappa shape index (κ3) is 13.8. The van der Waals surface area contributed by atoms with E-state index < -0.39 is 59.1 Å². The molecule has 0 aliphatic carbocycles. The second-order valence-corrected chi connectivity index (χ2v) is 14.0. The average molecular weight is 667 g/mol. The number of unbranched alkanes of at least 4 members (excludes halogenated alkanes) is 2. The number of nitrogens with zero attached hydrogens (tertiary/aromatic N) is 1. The molecule has 3 unspecified atom stereocenters. The van der Waals surface area contributed by atoms with Crippen molar-refractivity contribution >= 4 is 29.8 Å². The first-order chi connectivity index (χ1) is 22.4. The molecule has 2 aromatic rings. The Morgan fingerprint density at radius 1 is 0.812 bits per heavy atom. The van der Waals surface area contributed by atoms with Crippen molar-refractivity contribution in [3.63, 3.8) is 0 Å². The lowest BCUT2D eigenvalue weighted by Gasteiger charge is -2.36. The summed E-state index contributed by atoms with van der Waals surface area (Å²) in [5, 5.41) is 5.52. The number of ether oxygens (including phenoxy) is 2. The number of nitrogens with one attached hydrogen (secondary N) is 2. The minimum absolute atomic E-state index is 0.103. The number of benzene rings is 2. The number of amides is 4. The molecule has 0 saturated heterocycles. The van der Waals surface area contributed by atoms with Crippen LogP contribution in [0.4, 0.5) is 4.79 Å². The lowest BCUT2D eigenvalue weighted by molar-refractivity contribution is -0.159. The summed E-state index contributed by atoms with van der Waals surface area (Å²) in [5.41, 5.74) is 5.89. The van der Waals surface area contributed by atoms with Gasteiger partial charge in [-0.2, -0.15) is 0 Å². The molecule has 11 nitrogen and oxygen atoms in total. The van der Waals surface area contributed by atoms with Gasteiger partial charge in [-0.3, -0.25) is 14.4 Å². The molecule has 0 spiro atoms. The third-order valence-corrected chi connectivity index (χ3v) is 7.29. The van der Waals surface area contributed by atoms with Gasteiger partial charge in [-0.1, -0.05) is 74.4 Å². The van der Waals surface area contributed by atoms with Gasteiger partial charge in [0.05, 0.1) is 0 Å². The number of carbonyl (C=O) groups is 5. The number of primary amides is 1. The fourth-order valence-electron chi connectivity index (χ4n) is 5.10. The molecule has 4 amide bonds. The Labute approximate surface area is 285 Å². The van der Waals surface area contributed by atoms with Crippen LogP contribution in [0.2, 0.25) is 0 Å². The molecule has 0 heterocycles. The number of carbonyl (C=O) groups excluding carboxylic acids is 5. The summed E-state index contributed by atoms with van der Waals surface area (Å²) in [7, 11) is 0. The number of hydrogen-bond acceptors (Lipinski definition) is 7. The van der Waals surface area contributed by atoms with E-state index in [1.807, 2.05) is 56.3 Å². The van der Waals surface area contributed by atoms with Gasteiger partial charge in [0.2, 0.25) is 17.7 Å².